The predicted molar refractivity (Wildman–Crippen MR) is 43.8 cm³/mol. The molecule has 2 aromatic heterocycles. The van der Waals surface area contributed by atoms with Gasteiger partial charge in [-0.15, -0.1) is 0 Å². The average molecular weight is 199 g/mol. The van der Waals surface area contributed by atoms with Crippen LogP contribution in [0.25, 0.3) is 11.1 Å². The number of rotatable bonds is 1. The molecule has 0 amide bonds. The maximum Gasteiger partial charge on any atom is 0.338 e. The number of carboxylic acid groups (broad SMARTS) is 1. The molecule has 6 heteroatoms. The van der Waals surface area contributed by atoms with Crippen LogP contribution in [-0.4, -0.2) is 21.2 Å². The van der Waals surface area contributed by atoms with E-state index in [9.17, 15) is 4.79 Å². The lowest BCUT2D eigenvalue weighted by Gasteiger charge is -1.96. The van der Waals surface area contributed by atoms with Crippen molar-refractivity contribution < 1.29 is 14.4 Å². The number of aromatic carboxylic acids is 1. The van der Waals surface area contributed by atoms with Crippen LogP contribution in [0.1, 0.15) is 10.4 Å². The second-order valence-electron chi connectivity index (χ2n) is 2.34. The fraction of sp³-hybridized carbons (Fsp3) is 0. The van der Waals surface area contributed by atoms with Crippen molar-refractivity contribution >= 4 is 28.7 Å². The largest absolute Gasteiger partial charge is 0.478 e. The Hall–Kier alpha value is -1.62. The molecule has 0 spiro atoms. The number of hydrogen-bond donors (Lipinski definition) is 1. The highest BCUT2D eigenvalue weighted by Gasteiger charge is 2.14. The number of carbonyl (C=O) groups is 1. The first kappa shape index (κ1) is 8.00. The summed E-state index contributed by atoms with van der Waals surface area (Å²) in [6.45, 7) is 0. The summed E-state index contributed by atoms with van der Waals surface area (Å²) in [7, 11) is 0. The number of nitrogens with zero attached hydrogens (tertiary/aromatic N) is 2. The summed E-state index contributed by atoms with van der Waals surface area (Å²) in [4.78, 5) is 14.3. The van der Waals surface area contributed by atoms with Gasteiger partial charge in [-0.25, -0.2) is 9.78 Å². The minimum Gasteiger partial charge on any atom is -0.478 e. The standard InChI is InChI=1S/C7H3ClN2O3/c8-5-3-2-10-13-6(3)9-1-4(5)7(11)12/h1-2H,(H,11,12). The highest BCUT2D eigenvalue weighted by Crippen LogP contribution is 2.24. The quantitative estimate of drug-likeness (QED) is 0.753. The van der Waals surface area contributed by atoms with E-state index < -0.39 is 5.97 Å². The average Bonchev–Trinajstić information content (AvgIpc) is 2.52. The van der Waals surface area contributed by atoms with Gasteiger partial charge < -0.3 is 9.63 Å². The van der Waals surface area contributed by atoms with Crippen molar-refractivity contribution in [1.29, 1.82) is 0 Å². The molecule has 2 rings (SSSR count). The summed E-state index contributed by atoms with van der Waals surface area (Å²) in [6, 6.07) is 0. The van der Waals surface area contributed by atoms with Crippen molar-refractivity contribution in [2.45, 2.75) is 0 Å². The molecule has 0 atom stereocenters. The minimum atomic E-state index is -1.12. The van der Waals surface area contributed by atoms with E-state index in [1.807, 2.05) is 0 Å². The molecular weight excluding hydrogens is 196 g/mol. The fourth-order valence-corrected chi connectivity index (χ4v) is 1.21. The van der Waals surface area contributed by atoms with Crippen molar-refractivity contribution in [3.8, 4) is 0 Å². The number of fused-ring (bicyclic) bond motifs is 1. The maximum absolute atomic E-state index is 10.6. The first-order chi connectivity index (χ1) is 6.20. The number of pyridine rings is 1. The lowest BCUT2D eigenvalue weighted by Crippen LogP contribution is -1.98. The van der Waals surface area contributed by atoms with Gasteiger partial charge in [-0.1, -0.05) is 16.8 Å². The maximum atomic E-state index is 10.6. The Bertz CT molecular complexity index is 480. The van der Waals surface area contributed by atoms with Gasteiger partial charge in [0.25, 0.3) is 5.71 Å². The second kappa shape index (κ2) is 2.70. The molecule has 0 aromatic carbocycles. The summed E-state index contributed by atoms with van der Waals surface area (Å²) in [5.74, 6) is -1.12. The van der Waals surface area contributed by atoms with Gasteiger partial charge in [0.1, 0.15) is 0 Å². The van der Waals surface area contributed by atoms with Crippen LogP contribution in [0.5, 0.6) is 0 Å². The molecule has 2 heterocycles. The van der Waals surface area contributed by atoms with E-state index in [-0.39, 0.29) is 16.3 Å². The van der Waals surface area contributed by atoms with Crippen molar-refractivity contribution in [3.05, 3.63) is 23.0 Å². The van der Waals surface area contributed by atoms with Crippen LogP contribution < -0.4 is 0 Å². The molecule has 0 aliphatic heterocycles. The topological polar surface area (TPSA) is 76.2 Å². The number of aromatic nitrogens is 2. The lowest BCUT2D eigenvalue weighted by molar-refractivity contribution is 0.0697. The van der Waals surface area contributed by atoms with Crippen molar-refractivity contribution in [2.75, 3.05) is 0 Å². The molecule has 0 saturated heterocycles. The second-order valence-corrected chi connectivity index (χ2v) is 2.71. The van der Waals surface area contributed by atoms with Crippen molar-refractivity contribution in [1.82, 2.24) is 10.1 Å². The normalized spacial score (nSPS) is 10.5. The monoisotopic (exact) mass is 198 g/mol. The van der Waals surface area contributed by atoms with E-state index in [2.05, 4.69) is 10.1 Å². The molecule has 0 fully saturated rings. The molecule has 0 unspecified atom stereocenters. The molecule has 2 aromatic rings. The Balaban J connectivity index is 2.80. The first-order valence-corrected chi connectivity index (χ1v) is 3.70. The van der Waals surface area contributed by atoms with Gasteiger partial charge in [-0.05, 0) is 0 Å². The van der Waals surface area contributed by atoms with E-state index in [1.165, 1.54) is 6.20 Å². The molecule has 0 aliphatic rings. The molecule has 66 valence electrons. The molecule has 0 aliphatic carbocycles. The molecule has 5 nitrogen and oxygen atoms in total. The van der Waals surface area contributed by atoms with Crippen molar-refractivity contribution in [3.63, 3.8) is 0 Å². The smallest absolute Gasteiger partial charge is 0.338 e. The zero-order valence-corrected chi connectivity index (χ0v) is 6.95. The highest BCUT2D eigenvalue weighted by atomic mass is 35.5. The molecule has 13 heavy (non-hydrogen) atoms. The van der Waals surface area contributed by atoms with Crippen LogP contribution in [0, 0.1) is 0 Å². The molecule has 0 bridgehead atoms. The van der Waals surface area contributed by atoms with Crippen LogP contribution in [-0.2, 0) is 0 Å². The molecule has 1 N–H and O–H groups in total. The van der Waals surface area contributed by atoms with Gasteiger partial charge in [-0.2, -0.15) is 0 Å². The Morgan fingerprint density at radius 2 is 2.31 bits per heavy atom. The van der Waals surface area contributed by atoms with E-state index >= 15 is 0 Å². The summed E-state index contributed by atoms with van der Waals surface area (Å²) in [6.07, 6.45) is 2.47. The number of hydrogen-bond acceptors (Lipinski definition) is 4. The predicted octanol–water partition coefficient (Wildman–Crippen LogP) is 1.57. The van der Waals surface area contributed by atoms with Crippen LogP contribution in [0.15, 0.2) is 16.9 Å². The summed E-state index contributed by atoms with van der Waals surface area (Å²) in [5.41, 5.74) is 0.173. The van der Waals surface area contributed by atoms with Crippen LogP contribution in [0.3, 0.4) is 0 Å². The minimum absolute atomic E-state index is 0.0580. The zero-order valence-electron chi connectivity index (χ0n) is 6.19. The van der Waals surface area contributed by atoms with Gasteiger partial charge >= 0.3 is 5.97 Å². The lowest BCUT2D eigenvalue weighted by atomic mass is 10.2. The van der Waals surface area contributed by atoms with E-state index in [1.54, 1.807) is 0 Å². The van der Waals surface area contributed by atoms with E-state index in [4.69, 9.17) is 21.2 Å². The van der Waals surface area contributed by atoms with Gasteiger partial charge in [0, 0.05) is 6.20 Å². The van der Waals surface area contributed by atoms with Gasteiger partial charge in [-0.3, -0.25) is 0 Å². The Morgan fingerprint density at radius 3 is 3.00 bits per heavy atom. The third-order valence-corrected chi connectivity index (χ3v) is 1.97. The zero-order chi connectivity index (χ0) is 9.42. The third kappa shape index (κ3) is 1.13. The van der Waals surface area contributed by atoms with E-state index in [0.717, 1.165) is 6.20 Å². The molecule has 0 radical (unpaired) electrons. The van der Waals surface area contributed by atoms with Crippen LogP contribution >= 0.6 is 11.6 Å². The molecular formula is C7H3ClN2O3. The Kier molecular flexibility index (Phi) is 1.66. The van der Waals surface area contributed by atoms with Crippen LogP contribution in [0.4, 0.5) is 0 Å². The van der Waals surface area contributed by atoms with Gasteiger partial charge in [0.05, 0.1) is 22.2 Å². The fourth-order valence-electron chi connectivity index (χ4n) is 0.951. The summed E-state index contributed by atoms with van der Waals surface area (Å²) < 4.78 is 4.69. The number of carboxylic acids is 1. The molecule has 0 saturated carbocycles. The van der Waals surface area contributed by atoms with Crippen LogP contribution in [0.2, 0.25) is 5.02 Å². The first-order valence-electron chi connectivity index (χ1n) is 3.32. The Labute approximate surface area is 76.9 Å². The highest BCUT2D eigenvalue weighted by molar-refractivity contribution is 6.37. The van der Waals surface area contributed by atoms with Crippen molar-refractivity contribution in [2.24, 2.45) is 0 Å². The van der Waals surface area contributed by atoms with Gasteiger partial charge in [0.2, 0.25) is 0 Å². The third-order valence-electron chi connectivity index (χ3n) is 1.57. The number of halogens is 1. The van der Waals surface area contributed by atoms with Gasteiger partial charge in [0.15, 0.2) is 0 Å². The van der Waals surface area contributed by atoms with E-state index in [0.29, 0.717) is 5.39 Å². The Morgan fingerprint density at radius 1 is 1.54 bits per heavy atom. The summed E-state index contributed by atoms with van der Waals surface area (Å²) >= 11 is 5.76. The summed E-state index contributed by atoms with van der Waals surface area (Å²) in [5, 5.41) is 12.6. The SMILES string of the molecule is O=C(O)c1cnc2oncc2c1Cl.